The molecule has 1 aromatic carbocycles. The van der Waals surface area contributed by atoms with Crippen molar-refractivity contribution in [1.82, 2.24) is 14.7 Å². The van der Waals surface area contributed by atoms with Crippen LogP contribution in [0.3, 0.4) is 0 Å². The highest BCUT2D eigenvalue weighted by Gasteiger charge is 2.28. The van der Waals surface area contributed by atoms with Crippen LogP contribution >= 0.6 is 0 Å². The molecule has 26 heavy (non-hydrogen) atoms. The molecular weight excluding hydrogens is 328 g/mol. The highest BCUT2D eigenvalue weighted by molar-refractivity contribution is 5.93. The maximum Gasteiger partial charge on any atom is 0.238 e. The monoisotopic (exact) mass is 356 g/mol. The molecule has 1 N–H and O–H groups in total. The Labute approximate surface area is 155 Å². The van der Waals surface area contributed by atoms with Gasteiger partial charge < -0.3 is 10.1 Å². The number of hydrogen-bond acceptors (Lipinski definition) is 4. The summed E-state index contributed by atoms with van der Waals surface area (Å²) >= 11 is 0. The smallest absolute Gasteiger partial charge is 0.238 e. The molecule has 0 bridgehead atoms. The predicted molar refractivity (Wildman–Crippen MR) is 102 cm³/mol. The second-order valence-corrected chi connectivity index (χ2v) is 6.85. The van der Waals surface area contributed by atoms with Gasteiger partial charge in [0.2, 0.25) is 5.91 Å². The Kier molecular flexibility index (Phi) is 5.61. The largest absolute Gasteiger partial charge is 0.494 e. The summed E-state index contributed by atoms with van der Waals surface area (Å²) in [6.07, 6.45) is 2.18. The lowest BCUT2D eigenvalue weighted by molar-refractivity contribution is -0.117. The van der Waals surface area contributed by atoms with Crippen molar-refractivity contribution in [2.75, 3.05) is 25.0 Å². The van der Waals surface area contributed by atoms with Gasteiger partial charge in [0.1, 0.15) is 5.75 Å². The fourth-order valence-corrected chi connectivity index (χ4v) is 3.66. The quantitative estimate of drug-likeness (QED) is 0.863. The van der Waals surface area contributed by atoms with Crippen molar-refractivity contribution in [3.63, 3.8) is 0 Å². The molecule has 0 spiro atoms. The lowest BCUT2D eigenvalue weighted by atomic mass is 10.0. The highest BCUT2D eigenvalue weighted by Crippen LogP contribution is 2.32. The number of amides is 1. The minimum absolute atomic E-state index is 0.0158. The Morgan fingerprint density at radius 2 is 2.04 bits per heavy atom. The van der Waals surface area contributed by atoms with Gasteiger partial charge in [0.05, 0.1) is 30.2 Å². The Morgan fingerprint density at radius 3 is 2.65 bits per heavy atom. The maximum absolute atomic E-state index is 12.6. The fraction of sp³-hybridized carbons (Fsp3) is 0.500. The van der Waals surface area contributed by atoms with Crippen LogP contribution in [0.4, 0.5) is 5.69 Å². The van der Waals surface area contributed by atoms with Crippen LogP contribution in [0.15, 0.2) is 24.3 Å². The van der Waals surface area contributed by atoms with E-state index in [1.807, 2.05) is 40.0 Å². The van der Waals surface area contributed by atoms with E-state index in [2.05, 4.69) is 27.4 Å². The van der Waals surface area contributed by atoms with E-state index >= 15 is 0 Å². The number of nitrogens with one attached hydrogen (secondary N) is 1. The Morgan fingerprint density at radius 1 is 1.31 bits per heavy atom. The maximum atomic E-state index is 12.6. The zero-order chi connectivity index (χ0) is 18.7. The first-order valence-electron chi connectivity index (χ1n) is 9.26. The summed E-state index contributed by atoms with van der Waals surface area (Å²) in [4.78, 5) is 14.8. The molecule has 0 aliphatic carbocycles. The standard InChI is InChI=1S/C20H28N4O2/c1-5-26-17-10-8-16(9-11-17)18-7-6-12-24(18)13-19(25)21-20-14(2)22-23(4)15(20)3/h8-11,18H,5-7,12-13H2,1-4H3,(H,21,25). The molecule has 1 amide bonds. The second-order valence-electron chi connectivity index (χ2n) is 6.85. The highest BCUT2D eigenvalue weighted by atomic mass is 16.5. The molecule has 1 aliphatic heterocycles. The average molecular weight is 356 g/mol. The number of aromatic nitrogens is 2. The van der Waals surface area contributed by atoms with E-state index in [0.717, 1.165) is 42.2 Å². The molecule has 1 aromatic heterocycles. The fourth-order valence-electron chi connectivity index (χ4n) is 3.66. The van der Waals surface area contributed by atoms with Crippen molar-refractivity contribution in [1.29, 1.82) is 0 Å². The molecule has 0 radical (unpaired) electrons. The van der Waals surface area contributed by atoms with Gasteiger partial charge in [0.25, 0.3) is 0 Å². The first-order valence-corrected chi connectivity index (χ1v) is 9.26. The zero-order valence-electron chi connectivity index (χ0n) is 16.1. The number of carbonyl (C=O) groups is 1. The van der Waals surface area contributed by atoms with Gasteiger partial charge >= 0.3 is 0 Å². The van der Waals surface area contributed by atoms with Gasteiger partial charge in [-0.15, -0.1) is 0 Å². The third kappa shape index (κ3) is 3.90. The summed E-state index contributed by atoms with van der Waals surface area (Å²) in [6.45, 7) is 7.87. The van der Waals surface area contributed by atoms with Gasteiger partial charge in [-0.25, -0.2) is 0 Å². The van der Waals surface area contributed by atoms with Crippen LogP contribution in [0.1, 0.15) is 42.8 Å². The van der Waals surface area contributed by atoms with E-state index in [1.54, 1.807) is 4.68 Å². The number of hydrogen-bond donors (Lipinski definition) is 1. The molecule has 1 unspecified atom stereocenters. The van der Waals surface area contributed by atoms with Gasteiger partial charge in [-0.3, -0.25) is 14.4 Å². The number of carbonyl (C=O) groups excluding carboxylic acids is 1. The summed E-state index contributed by atoms with van der Waals surface area (Å²) in [6, 6.07) is 8.53. The number of ether oxygens (including phenoxy) is 1. The molecule has 1 fully saturated rings. The minimum atomic E-state index is 0.0158. The molecule has 3 rings (SSSR count). The molecule has 1 atom stereocenters. The lowest BCUT2D eigenvalue weighted by Gasteiger charge is -2.24. The molecular formula is C20H28N4O2. The van der Waals surface area contributed by atoms with Gasteiger partial charge in [0, 0.05) is 13.1 Å². The molecule has 2 heterocycles. The van der Waals surface area contributed by atoms with E-state index < -0.39 is 0 Å². The normalized spacial score (nSPS) is 17.5. The lowest BCUT2D eigenvalue weighted by Crippen LogP contribution is -2.33. The average Bonchev–Trinajstić information content (AvgIpc) is 3.16. The third-order valence-corrected chi connectivity index (χ3v) is 5.06. The van der Waals surface area contributed by atoms with Crippen LogP contribution in [0.5, 0.6) is 5.75 Å². The summed E-state index contributed by atoms with van der Waals surface area (Å²) < 4.78 is 7.32. The van der Waals surface area contributed by atoms with Crippen molar-refractivity contribution >= 4 is 11.6 Å². The van der Waals surface area contributed by atoms with Gasteiger partial charge in [-0.05, 0) is 57.9 Å². The predicted octanol–water partition coefficient (Wildman–Crippen LogP) is 3.21. The van der Waals surface area contributed by atoms with Crippen LogP contribution in [-0.2, 0) is 11.8 Å². The number of anilines is 1. The summed E-state index contributed by atoms with van der Waals surface area (Å²) in [5.74, 6) is 0.906. The van der Waals surface area contributed by atoms with Crippen LogP contribution < -0.4 is 10.1 Å². The summed E-state index contributed by atoms with van der Waals surface area (Å²) in [7, 11) is 1.89. The topological polar surface area (TPSA) is 59.4 Å². The Balaban J connectivity index is 1.65. The van der Waals surface area contributed by atoms with Crippen LogP contribution in [-0.4, -0.2) is 40.3 Å². The van der Waals surface area contributed by atoms with Gasteiger partial charge in [-0.2, -0.15) is 5.10 Å². The van der Waals surface area contributed by atoms with Crippen molar-refractivity contribution < 1.29 is 9.53 Å². The first-order chi connectivity index (χ1) is 12.5. The van der Waals surface area contributed by atoms with Crippen molar-refractivity contribution in [2.24, 2.45) is 7.05 Å². The minimum Gasteiger partial charge on any atom is -0.494 e. The zero-order valence-corrected chi connectivity index (χ0v) is 16.1. The number of aryl methyl sites for hydroxylation is 2. The molecule has 140 valence electrons. The third-order valence-electron chi connectivity index (χ3n) is 5.06. The van der Waals surface area contributed by atoms with E-state index in [1.165, 1.54) is 5.56 Å². The molecule has 6 nitrogen and oxygen atoms in total. The van der Waals surface area contributed by atoms with E-state index in [-0.39, 0.29) is 11.9 Å². The summed E-state index contributed by atoms with van der Waals surface area (Å²) in [5.41, 5.74) is 3.89. The Bertz CT molecular complexity index is 767. The second kappa shape index (κ2) is 7.91. The Hall–Kier alpha value is -2.34. The molecule has 2 aromatic rings. The van der Waals surface area contributed by atoms with Crippen molar-refractivity contribution in [3.05, 3.63) is 41.2 Å². The van der Waals surface area contributed by atoms with Crippen LogP contribution in [0, 0.1) is 13.8 Å². The van der Waals surface area contributed by atoms with E-state index in [0.29, 0.717) is 13.2 Å². The molecule has 1 saturated heterocycles. The number of nitrogens with zero attached hydrogens (tertiary/aromatic N) is 3. The first kappa shape index (κ1) is 18.5. The number of benzene rings is 1. The van der Waals surface area contributed by atoms with Gasteiger partial charge in [-0.1, -0.05) is 12.1 Å². The van der Waals surface area contributed by atoms with E-state index in [9.17, 15) is 4.79 Å². The van der Waals surface area contributed by atoms with Crippen molar-refractivity contribution in [3.8, 4) is 5.75 Å². The molecule has 1 aliphatic rings. The van der Waals surface area contributed by atoms with Gasteiger partial charge in [0.15, 0.2) is 0 Å². The van der Waals surface area contributed by atoms with Crippen LogP contribution in [0.25, 0.3) is 0 Å². The molecule has 0 saturated carbocycles. The number of likely N-dealkylation sites (tertiary alicyclic amines) is 1. The van der Waals surface area contributed by atoms with Crippen LogP contribution in [0.2, 0.25) is 0 Å². The van der Waals surface area contributed by atoms with Crippen molar-refractivity contribution in [2.45, 2.75) is 39.7 Å². The number of rotatable bonds is 6. The SMILES string of the molecule is CCOc1ccc(C2CCCN2CC(=O)Nc2c(C)nn(C)c2C)cc1. The van der Waals surface area contributed by atoms with E-state index in [4.69, 9.17) is 4.74 Å². The molecule has 6 heteroatoms. The summed E-state index contributed by atoms with van der Waals surface area (Å²) in [5, 5.41) is 7.40.